The molecule has 0 aliphatic rings. The first kappa shape index (κ1) is 20.8. The molecule has 1 aromatic carbocycles. The SMILES string of the molecule is Fc1cncc(-c2ccc(CCc3ccc(C(F)(F)F)cc3)c(C(F)(F)F)n2)c1. The van der Waals surface area contributed by atoms with E-state index in [0.29, 0.717) is 5.56 Å². The zero-order valence-corrected chi connectivity index (χ0v) is 14.7. The molecule has 3 rings (SSSR count). The summed E-state index contributed by atoms with van der Waals surface area (Å²) in [5.74, 6) is -0.704. The minimum absolute atomic E-state index is 0.0745. The quantitative estimate of drug-likeness (QED) is 0.482. The van der Waals surface area contributed by atoms with Gasteiger partial charge in [-0.2, -0.15) is 26.3 Å². The van der Waals surface area contributed by atoms with Gasteiger partial charge < -0.3 is 0 Å². The molecule has 0 N–H and O–H groups in total. The highest BCUT2D eigenvalue weighted by molar-refractivity contribution is 5.58. The van der Waals surface area contributed by atoms with Crippen molar-refractivity contribution in [2.24, 2.45) is 0 Å². The van der Waals surface area contributed by atoms with Gasteiger partial charge in [0, 0.05) is 11.8 Å². The Kier molecular flexibility index (Phi) is 5.59. The molecule has 0 saturated heterocycles. The molecule has 9 heteroatoms. The van der Waals surface area contributed by atoms with Crippen LogP contribution in [-0.2, 0) is 25.2 Å². The average molecular weight is 414 g/mol. The van der Waals surface area contributed by atoms with Crippen molar-refractivity contribution in [2.45, 2.75) is 25.2 Å². The Balaban J connectivity index is 1.85. The van der Waals surface area contributed by atoms with E-state index in [2.05, 4.69) is 9.97 Å². The van der Waals surface area contributed by atoms with Gasteiger partial charge in [-0.1, -0.05) is 18.2 Å². The van der Waals surface area contributed by atoms with Gasteiger partial charge in [-0.25, -0.2) is 9.37 Å². The van der Waals surface area contributed by atoms with Crippen LogP contribution in [0.3, 0.4) is 0 Å². The molecule has 0 atom stereocenters. The number of halogens is 7. The topological polar surface area (TPSA) is 25.8 Å². The van der Waals surface area contributed by atoms with Crippen molar-refractivity contribution in [3.63, 3.8) is 0 Å². The Morgan fingerprint density at radius 3 is 2.03 bits per heavy atom. The summed E-state index contributed by atoms with van der Waals surface area (Å²) in [5, 5.41) is 0. The third-order valence-electron chi connectivity index (χ3n) is 4.21. The smallest absolute Gasteiger partial charge is 0.261 e. The van der Waals surface area contributed by atoms with Crippen molar-refractivity contribution in [1.82, 2.24) is 9.97 Å². The largest absolute Gasteiger partial charge is 0.433 e. The van der Waals surface area contributed by atoms with Crippen LogP contribution in [0.5, 0.6) is 0 Å². The Morgan fingerprint density at radius 2 is 1.45 bits per heavy atom. The van der Waals surface area contributed by atoms with Gasteiger partial charge in [0.15, 0.2) is 0 Å². The summed E-state index contributed by atoms with van der Waals surface area (Å²) in [4.78, 5) is 7.23. The number of aryl methyl sites for hydroxylation is 2. The number of hydrogen-bond donors (Lipinski definition) is 0. The molecule has 2 nitrogen and oxygen atoms in total. The molecule has 0 unspecified atom stereocenters. The normalized spacial score (nSPS) is 12.2. The number of hydrogen-bond acceptors (Lipinski definition) is 2. The van der Waals surface area contributed by atoms with Crippen LogP contribution in [0.15, 0.2) is 54.9 Å². The van der Waals surface area contributed by atoms with Gasteiger partial charge in [0.1, 0.15) is 11.5 Å². The van der Waals surface area contributed by atoms with Crippen molar-refractivity contribution in [2.75, 3.05) is 0 Å². The highest BCUT2D eigenvalue weighted by Gasteiger charge is 2.35. The summed E-state index contributed by atoms with van der Waals surface area (Å²) in [7, 11) is 0. The fourth-order valence-electron chi connectivity index (χ4n) is 2.79. The molecule has 29 heavy (non-hydrogen) atoms. The van der Waals surface area contributed by atoms with Crippen LogP contribution in [-0.4, -0.2) is 9.97 Å². The first-order valence-corrected chi connectivity index (χ1v) is 8.38. The monoisotopic (exact) mass is 414 g/mol. The lowest BCUT2D eigenvalue weighted by Gasteiger charge is -2.14. The van der Waals surface area contributed by atoms with Crippen molar-refractivity contribution in [3.8, 4) is 11.3 Å². The number of pyridine rings is 2. The van der Waals surface area contributed by atoms with Crippen LogP contribution >= 0.6 is 0 Å². The Labute approximate surface area is 161 Å². The van der Waals surface area contributed by atoms with Gasteiger partial charge in [0.2, 0.25) is 0 Å². The molecule has 0 amide bonds. The first-order chi connectivity index (χ1) is 13.5. The summed E-state index contributed by atoms with van der Waals surface area (Å²) in [6.07, 6.45) is -7.07. The van der Waals surface area contributed by atoms with Crippen LogP contribution in [0.25, 0.3) is 11.3 Å². The van der Waals surface area contributed by atoms with Gasteiger partial charge >= 0.3 is 12.4 Å². The Morgan fingerprint density at radius 1 is 0.759 bits per heavy atom. The second-order valence-corrected chi connectivity index (χ2v) is 6.29. The van der Waals surface area contributed by atoms with E-state index in [4.69, 9.17) is 0 Å². The van der Waals surface area contributed by atoms with Gasteiger partial charge in [-0.05, 0) is 48.2 Å². The van der Waals surface area contributed by atoms with E-state index in [1.165, 1.54) is 30.5 Å². The molecule has 0 spiro atoms. The minimum atomic E-state index is -4.74. The fraction of sp³-hybridized carbons (Fsp3) is 0.200. The number of benzene rings is 1. The molecule has 0 saturated carbocycles. The average Bonchev–Trinajstić information content (AvgIpc) is 2.65. The summed E-state index contributed by atoms with van der Waals surface area (Å²) in [6.45, 7) is 0. The van der Waals surface area contributed by atoms with Gasteiger partial charge in [-0.3, -0.25) is 4.98 Å². The zero-order valence-electron chi connectivity index (χ0n) is 14.7. The first-order valence-electron chi connectivity index (χ1n) is 8.38. The highest BCUT2D eigenvalue weighted by Crippen LogP contribution is 2.33. The maximum absolute atomic E-state index is 13.5. The lowest BCUT2D eigenvalue weighted by molar-refractivity contribution is -0.141. The molecular weight excluding hydrogens is 401 g/mol. The van der Waals surface area contributed by atoms with E-state index in [-0.39, 0.29) is 29.7 Å². The molecule has 0 aliphatic heterocycles. The molecule has 0 fully saturated rings. The molecular formula is C20H13F7N2. The Hall–Kier alpha value is -2.97. The third-order valence-corrected chi connectivity index (χ3v) is 4.21. The summed E-state index contributed by atoms with van der Waals surface area (Å²) < 4.78 is 91.5. The summed E-state index contributed by atoms with van der Waals surface area (Å²) in [5.41, 5.74) is -1.57. The number of rotatable bonds is 4. The van der Waals surface area contributed by atoms with E-state index < -0.39 is 29.4 Å². The number of nitrogens with zero attached hydrogens (tertiary/aromatic N) is 2. The van der Waals surface area contributed by atoms with E-state index in [1.54, 1.807) is 0 Å². The van der Waals surface area contributed by atoms with Crippen molar-refractivity contribution < 1.29 is 30.7 Å². The maximum atomic E-state index is 13.5. The fourth-order valence-corrected chi connectivity index (χ4v) is 2.79. The highest BCUT2D eigenvalue weighted by atomic mass is 19.4. The van der Waals surface area contributed by atoms with Crippen LogP contribution in [0.1, 0.15) is 22.4 Å². The summed E-state index contributed by atoms with van der Waals surface area (Å²) >= 11 is 0. The molecule has 2 aromatic heterocycles. The lowest BCUT2D eigenvalue weighted by atomic mass is 10.0. The molecule has 0 aliphatic carbocycles. The predicted octanol–water partition coefficient (Wildman–Crippen LogP) is 6.11. The van der Waals surface area contributed by atoms with Crippen molar-refractivity contribution in [1.29, 1.82) is 0 Å². The van der Waals surface area contributed by atoms with Crippen molar-refractivity contribution >= 4 is 0 Å². The number of alkyl halides is 6. The second-order valence-electron chi connectivity index (χ2n) is 6.29. The van der Waals surface area contributed by atoms with Crippen LogP contribution in [0, 0.1) is 5.82 Å². The third kappa shape index (κ3) is 5.10. The minimum Gasteiger partial charge on any atom is -0.261 e. The van der Waals surface area contributed by atoms with E-state index in [1.807, 2.05) is 0 Å². The van der Waals surface area contributed by atoms with Crippen LogP contribution in [0.4, 0.5) is 30.7 Å². The number of aromatic nitrogens is 2. The van der Waals surface area contributed by atoms with Gasteiger partial charge in [0.05, 0.1) is 17.5 Å². The Bertz CT molecular complexity index is 993. The zero-order chi connectivity index (χ0) is 21.2. The molecule has 152 valence electrons. The molecule has 3 aromatic rings. The summed E-state index contributed by atoms with van der Waals surface area (Å²) in [6, 6.07) is 7.83. The molecule has 0 bridgehead atoms. The van der Waals surface area contributed by atoms with Crippen molar-refractivity contribution in [3.05, 3.63) is 83.1 Å². The van der Waals surface area contributed by atoms with Crippen LogP contribution < -0.4 is 0 Å². The predicted molar refractivity (Wildman–Crippen MR) is 91.3 cm³/mol. The van der Waals surface area contributed by atoms with E-state index in [9.17, 15) is 30.7 Å². The second kappa shape index (κ2) is 7.81. The molecule has 2 heterocycles. The van der Waals surface area contributed by atoms with E-state index >= 15 is 0 Å². The molecule has 0 radical (unpaired) electrons. The van der Waals surface area contributed by atoms with Gasteiger partial charge in [0.25, 0.3) is 0 Å². The maximum Gasteiger partial charge on any atom is 0.433 e. The van der Waals surface area contributed by atoms with Gasteiger partial charge in [-0.15, -0.1) is 0 Å². The van der Waals surface area contributed by atoms with E-state index in [0.717, 1.165) is 24.4 Å². The standard InChI is InChI=1S/C20H13F7N2/c21-16-9-14(10-28-11-16)17-8-5-13(18(29-17)20(25,26)27)4-1-12-2-6-15(7-3-12)19(22,23)24/h2-3,5-11H,1,4H2. The lowest BCUT2D eigenvalue weighted by Crippen LogP contribution is -2.13. The van der Waals surface area contributed by atoms with Crippen LogP contribution in [0.2, 0.25) is 0 Å².